The van der Waals surface area contributed by atoms with Gasteiger partial charge in [-0.25, -0.2) is 4.79 Å². The van der Waals surface area contributed by atoms with Crippen LogP contribution in [-0.2, 0) is 4.74 Å². The third kappa shape index (κ3) is 4.56. The first-order valence-electron chi connectivity index (χ1n) is 8.28. The average molecular weight is 287 g/mol. The van der Waals surface area contributed by atoms with Crippen molar-refractivity contribution in [1.29, 1.82) is 0 Å². The van der Waals surface area contributed by atoms with Gasteiger partial charge in [-0.05, 0) is 27.7 Å². The van der Waals surface area contributed by atoms with Crippen LogP contribution in [0.3, 0.4) is 0 Å². The lowest BCUT2D eigenvalue weighted by molar-refractivity contribution is -0.200. The molecule has 0 aromatic rings. The standard InChI is InChI=1S/C12H21F3N2O2/c1-9(12(13,14)15)19-10(18)16-5-7-17(8-6-16)11(2,3)4/h9H,5-8H2,1-4H3/i5D,6D,7D2,9D. The molecule has 1 amide bonds. The number of carbonyl (C=O) groups is 1. The second kappa shape index (κ2) is 5.56. The molecule has 0 spiro atoms. The highest BCUT2D eigenvalue weighted by atomic mass is 19.4. The first kappa shape index (κ1) is 9.85. The molecule has 1 fully saturated rings. The Bertz CT molecular complexity index is 496. The first-order valence-corrected chi connectivity index (χ1v) is 5.63. The van der Waals surface area contributed by atoms with E-state index in [1.54, 1.807) is 20.8 Å². The average Bonchev–Trinajstić information content (AvgIpc) is 2.30. The topological polar surface area (TPSA) is 32.8 Å². The van der Waals surface area contributed by atoms with Gasteiger partial charge in [0.2, 0.25) is 0 Å². The highest BCUT2D eigenvalue weighted by Crippen LogP contribution is 2.23. The number of carbonyl (C=O) groups excluding carboxylic acids is 1. The van der Waals surface area contributed by atoms with E-state index in [9.17, 15) is 18.0 Å². The minimum absolute atomic E-state index is 0.279. The van der Waals surface area contributed by atoms with Crippen LogP contribution in [0.2, 0.25) is 0 Å². The molecule has 7 heteroatoms. The Morgan fingerprint density at radius 2 is 1.95 bits per heavy atom. The molecule has 0 radical (unpaired) electrons. The van der Waals surface area contributed by atoms with Gasteiger partial charge in [-0.1, -0.05) is 0 Å². The second-order valence-electron chi connectivity index (χ2n) is 5.05. The summed E-state index contributed by atoms with van der Waals surface area (Å²) in [5.74, 6) is 0. The van der Waals surface area contributed by atoms with Crippen molar-refractivity contribution >= 4 is 6.09 Å². The van der Waals surface area contributed by atoms with Gasteiger partial charge in [0.25, 0.3) is 0 Å². The summed E-state index contributed by atoms with van der Waals surface area (Å²) in [7, 11) is 0. The lowest BCUT2D eigenvalue weighted by Gasteiger charge is -2.42. The van der Waals surface area contributed by atoms with E-state index in [1.165, 1.54) is 4.90 Å². The van der Waals surface area contributed by atoms with E-state index >= 15 is 0 Å². The molecule has 19 heavy (non-hydrogen) atoms. The molecule has 1 rings (SSSR count). The molecule has 1 aliphatic rings. The van der Waals surface area contributed by atoms with Crippen molar-refractivity contribution in [3.63, 3.8) is 0 Å². The van der Waals surface area contributed by atoms with Crippen molar-refractivity contribution < 1.29 is 29.6 Å². The fourth-order valence-corrected chi connectivity index (χ4v) is 1.24. The zero-order valence-electron chi connectivity index (χ0n) is 16.2. The van der Waals surface area contributed by atoms with Gasteiger partial charge in [0, 0.05) is 34.4 Å². The van der Waals surface area contributed by atoms with Gasteiger partial charge in [0.05, 0.1) is 4.11 Å². The highest BCUT2D eigenvalue weighted by molar-refractivity contribution is 5.68. The summed E-state index contributed by atoms with van der Waals surface area (Å²) in [4.78, 5) is 13.5. The minimum atomic E-state index is -5.16. The minimum Gasteiger partial charge on any atom is -0.437 e. The summed E-state index contributed by atoms with van der Waals surface area (Å²) in [5, 5.41) is 0. The van der Waals surface area contributed by atoms with Gasteiger partial charge < -0.3 is 9.64 Å². The largest absolute Gasteiger partial charge is 0.437 e. The van der Waals surface area contributed by atoms with E-state index < -0.39 is 43.4 Å². The van der Waals surface area contributed by atoms with Crippen molar-refractivity contribution in [3.8, 4) is 0 Å². The maximum absolute atomic E-state index is 12.7. The Morgan fingerprint density at radius 3 is 2.42 bits per heavy atom. The molecule has 4 nitrogen and oxygen atoms in total. The first-order chi connectivity index (χ1) is 10.4. The molecule has 1 heterocycles. The fourth-order valence-electron chi connectivity index (χ4n) is 1.24. The van der Waals surface area contributed by atoms with Crippen LogP contribution in [0.25, 0.3) is 0 Å². The van der Waals surface area contributed by atoms with Crippen LogP contribution in [0.15, 0.2) is 0 Å². The molecule has 0 bridgehead atoms. The van der Waals surface area contributed by atoms with E-state index in [4.69, 9.17) is 6.85 Å². The summed E-state index contributed by atoms with van der Waals surface area (Å²) in [6, 6.07) is 0. The normalized spacial score (nSPS) is 36.2. The number of rotatable bonds is 1. The van der Waals surface area contributed by atoms with E-state index in [2.05, 4.69) is 4.74 Å². The lowest BCUT2D eigenvalue weighted by Crippen LogP contribution is -2.55. The Morgan fingerprint density at radius 1 is 1.37 bits per heavy atom. The number of halogens is 3. The van der Waals surface area contributed by atoms with Gasteiger partial charge >= 0.3 is 12.3 Å². The van der Waals surface area contributed by atoms with E-state index in [1.807, 2.05) is 0 Å². The van der Waals surface area contributed by atoms with Crippen LogP contribution in [-0.4, -0.2) is 59.8 Å². The predicted octanol–water partition coefficient (Wildman–Crippen LogP) is 2.49. The molecule has 1 saturated heterocycles. The van der Waals surface area contributed by atoms with Crippen molar-refractivity contribution in [2.24, 2.45) is 0 Å². The number of alkyl halides is 3. The number of hydrogen-bond donors (Lipinski definition) is 0. The molecule has 3 atom stereocenters. The zero-order chi connectivity index (χ0) is 19.3. The summed E-state index contributed by atoms with van der Waals surface area (Å²) < 4.78 is 81.0. The van der Waals surface area contributed by atoms with E-state index in [0.29, 0.717) is 6.92 Å². The van der Waals surface area contributed by atoms with E-state index in [-0.39, 0.29) is 11.4 Å². The maximum Gasteiger partial charge on any atom is 0.425 e. The molecule has 0 aromatic heterocycles. The quantitative estimate of drug-likeness (QED) is 0.743. The van der Waals surface area contributed by atoms with Gasteiger partial charge in [0.15, 0.2) is 6.08 Å². The molecule has 1 aliphatic heterocycles. The molecular formula is C12H21F3N2O2. The molecular weight excluding hydrogens is 261 g/mol. The van der Waals surface area contributed by atoms with E-state index in [0.717, 1.165) is 0 Å². The molecule has 0 saturated carbocycles. The fraction of sp³-hybridized carbons (Fsp3) is 0.917. The number of nitrogens with zero attached hydrogens (tertiary/aromatic N) is 2. The second-order valence-corrected chi connectivity index (χ2v) is 5.05. The molecule has 112 valence electrons. The molecule has 0 aliphatic carbocycles. The van der Waals surface area contributed by atoms with Crippen LogP contribution >= 0.6 is 0 Å². The molecule has 3 unspecified atom stereocenters. The summed E-state index contributed by atoms with van der Waals surface area (Å²) in [6.07, 6.45) is -10.4. The third-order valence-electron chi connectivity index (χ3n) is 2.47. The van der Waals surface area contributed by atoms with Crippen LogP contribution < -0.4 is 0 Å². The monoisotopic (exact) mass is 287 g/mol. The van der Waals surface area contributed by atoms with Gasteiger partial charge in [-0.2, -0.15) is 13.2 Å². The van der Waals surface area contributed by atoms with Crippen LogP contribution in [0, 0.1) is 0 Å². The third-order valence-corrected chi connectivity index (χ3v) is 2.47. The number of hydrogen-bond acceptors (Lipinski definition) is 3. The van der Waals surface area contributed by atoms with Gasteiger partial charge in [-0.3, -0.25) is 4.90 Å². The van der Waals surface area contributed by atoms with Crippen molar-refractivity contribution in [2.45, 2.75) is 45.5 Å². The maximum atomic E-state index is 12.7. The van der Waals surface area contributed by atoms with Crippen molar-refractivity contribution in [1.82, 2.24) is 9.80 Å². The van der Waals surface area contributed by atoms with Crippen LogP contribution in [0.5, 0.6) is 0 Å². The van der Waals surface area contributed by atoms with Gasteiger partial charge in [-0.15, -0.1) is 0 Å². The van der Waals surface area contributed by atoms with Crippen molar-refractivity contribution in [2.75, 3.05) is 26.1 Å². The van der Waals surface area contributed by atoms with Gasteiger partial charge in [0.1, 0.15) is 0 Å². The highest BCUT2D eigenvalue weighted by Gasteiger charge is 2.40. The number of piperazine rings is 1. The summed E-state index contributed by atoms with van der Waals surface area (Å²) in [5.41, 5.74) is -0.770. The smallest absolute Gasteiger partial charge is 0.425 e. The van der Waals surface area contributed by atoms with Crippen LogP contribution in [0.1, 0.15) is 34.5 Å². The summed E-state index contributed by atoms with van der Waals surface area (Å²) >= 11 is 0. The summed E-state index contributed by atoms with van der Waals surface area (Å²) in [6.45, 7) is -0.929. The predicted molar refractivity (Wildman–Crippen MR) is 64.9 cm³/mol. The molecule has 0 N–H and O–H groups in total. The van der Waals surface area contributed by atoms with Crippen LogP contribution in [0.4, 0.5) is 18.0 Å². The Balaban J connectivity index is 3.08. The number of amides is 1. The Kier molecular flexibility index (Phi) is 2.88. The lowest BCUT2D eigenvalue weighted by atomic mass is 10.1. The Labute approximate surface area is 118 Å². The van der Waals surface area contributed by atoms with Crippen molar-refractivity contribution in [3.05, 3.63) is 0 Å². The number of ether oxygens (including phenoxy) is 1. The Hall–Kier alpha value is -0.980. The SMILES string of the molecule is [2H]C1CN(C(C)(C)C)C([2H])([2H])C([2H])N1C(=O)OC([2H])(C)C(F)(F)F. The molecule has 0 aromatic carbocycles. The zero-order valence-corrected chi connectivity index (χ0v) is 11.2.